The molecule has 25 heavy (non-hydrogen) atoms. The summed E-state index contributed by atoms with van der Waals surface area (Å²) < 4.78 is 6.47. The van der Waals surface area contributed by atoms with Crippen molar-refractivity contribution in [1.82, 2.24) is 5.32 Å². The Labute approximate surface area is 149 Å². The Hall–Kier alpha value is -1.84. The van der Waals surface area contributed by atoms with Gasteiger partial charge < -0.3 is 15.2 Å². The number of aliphatic hydroxyl groups excluding tert-OH is 1. The second kappa shape index (κ2) is 5.86. The molecule has 1 heterocycles. The Morgan fingerprint density at radius 3 is 2.52 bits per heavy atom. The molecule has 2 aromatic rings. The summed E-state index contributed by atoms with van der Waals surface area (Å²) in [5, 5.41) is 14.5. The molecule has 3 heteroatoms. The van der Waals surface area contributed by atoms with E-state index < -0.39 is 0 Å². The van der Waals surface area contributed by atoms with Crippen molar-refractivity contribution in [1.29, 1.82) is 0 Å². The van der Waals surface area contributed by atoms with Crippen LogP contribution in [0.4, 0.5) is 0 Å². The minimum atomic E-state index is -0.355. The smallest absolute Gasteiger partial charge is 0.124 e. The van der Waals surface area contributed by atoms with E-state index in [1.807, 2.05) is 0 Å². The van der Waals surface area contributed by atoms with E-state index >= 15 is 0 Å². The number of nitrogens with one attached hydrogen (secondary N) is 1. The first-order valence-corrected chi connectivity index (χ1v) is 9.54. The van der Waals surface area contributed by atoms with Crippen molar-refractivity contribution in [2.75, 3.05) is 0 Å². The molecule has 5 rings (SSSR count). The van der Waals surface area contributed by atoms with E-state index in [-0.39, 0.29) is 23.8 Å². The van der Waals surface area contributed by atoms with Crippen molar-refractivity contribution in [3.8, 4) is 5.75 Å². The Bertz CT molecular complexity index is 781. The van der Waals surface area contributed by atoms with Gasteiger partial charge in [0.2, 0.25) is 0 Å². The van der Waals surface area contributed by atoms with E-state index in [9.17, 15) is 5.11 Å². The second-order valence-electron chi connectivity index (χ2n) is 7.90. The van der Waals surface area contributed by atoms with Crippen LogP contribution < -0.4 is 10.1 Å². The van der Waals surface area contributed by atoms with Gasteiger partial charge in [-0.15, -0.1) is 0 Å². The number of para-hydroxylation sites is 1. The second-order valence-corrected chi connectivity index (χ2v) is 7.90. The molecule has 3 aliphatic rings. The average Bonchev–Trinajstić information content (AvgIpc) is 3.20. The number of rotatable bonds is 2. The molecule has 0 radical (unpaired) electrons. The van der Waals surface area contributed by atoms with Gasteiger partial charge in [-0.1, -0.05) is 42.5 Å². The fraction of sp³-hybridized carbons (Fsp3) is 0.455. The minimum Gasteiger partial charge on any atom is -0.487 e. The van der Waals surface area contributed by atoms with Crippen LogP contribution in [-0.2, 0) is 6.42 Å². The Morgan fingerprint density at radius 2 is 1.68 bits per heavy atom. The molecule has 0 bridgehead atoms. The third-order valence-electron chi connectivity index (χ3n) is 6.30. The lowest BCUT2D eigenvalue weighted by molar-refractivity contribution is 0.0295. The predicted molar refractivity (Wildman–Crippen MR) is 97.7 cm³/mol. The monoisotopic (exact) mass is 335 g/mol. The van der Waals surface area contributed by atoms with Gasteiger partial charge in [0.25, 0.3) is 0 Å². The van der Waals surface area contributed by atoms with Crippen molar-refractivity contribution < 1.29 is 9.84 Å². The normalized spacial score (nSPS) is 29.2. The van der Waals surface area contributed by atoms with Crippen molar-refractivity contribution in [3.63, 3.8) is 0 Å². The minimum absolute atomic E-state index is 0.00538. The number of hydrogen-bond donors (Lipinski definition) is 2. The van der Waals surface area contributed by atoms with Crippen LogP contribution in [0, 0.1) is 0 Å². The Balaban J connectivity index is 1.49. The molecule has 1 spiro atoms. The molecule has 1 aliphatic heterocycles. The van der Waals surface area contributed by atoms with Gasteiger partial charge in [0, 0.05) is 24.4 Å². The number of fused-ring (bicyclic) bond motifs is 2. The molecule has 1 fully saturated rings. The van der Waals surface area contributed by atoms with Crippen LogP contribution in [0.15, 0.2) is 48.5 Å². The summed E-state index contributed by atoms with van der Waals surface area (Å²) in [6.45, 7) is 0. The van der Waals surface area contributed by atoms with Crippen molar-refractivity contribution in [2.45, 2.75) is 62.3 Å². The van der Waals surface area contributed by atoms with Crippen LogP contribution in [0.3, 0.4) is 0 Å². The van der Waals surface area contributed by atoms with Gasteiger partial charge in [-0.05, 0) is 42.9 Å². The lowest BCUT2D eigenvalue weighted by atomic mass is 9.85. The number of ether oxygens (including phenoxy) is 1. The topological polar surface area (TPSA) is 41.5 Å². The number of hydrogen-bond acceptors (Lipinski definition) is 3. The summed E-state index contributed by atoms with van der Waals surface area (Å²) in [5.41, 5.74) is 3.73. The zero-order chi connectivity index (χ0) is 16.9. The molecular formula is C22H25NO2. The number of aliphatic hydroxyl groups is 1. The maximum Gasteiger partial charge on any atom is 0.124 e. The largest absolute Gasteiger partial charge is 0.487 e. The lowest BCUT2D eigenvalue weighted by Crippen LogP contribution is -2.44. The molecule has 0 saturated heterocycles. The van der Waals surface area contributed by atoms with Crippen LogP contribution >= 0.6 is 0 Å². The molecule has 3 atom stereocenters. The van der Waals surface area contributed by atoms with Crippen LogP contribution in [0.1, 0.15) is 60.9 Å². The van der Waals surface area contributed by atoms with Crippen LogP contribution in [0.25, 0.3) is 0 Å². The van der Waals surface area contributed by atoms with Crippen LogP contribution in [0.2, 0.25) is 0 Å². The third kappa shape index (κ3) is 2.57. The molecule has 2 N–H and O–H groups in total. The van der Waals surface area contributed by atoms with Gasteiger partial charge in [0.15, 0.2) is 0 Å². The highest BCUT2D eigenvalue weighted by Crippen LogP contribution is 2.48. The zero-order valence-corrected chi connectivity index (χ0v) is 14.4. The predicted octanol–water partition coefficient (Wildman–Crippen LogP) is 4.07. The van der Waals surface area contributed by atoms with Gasteiger partial charge in [0.1, 0.15) is 11.4 Å². The first-order chi connectivity index (χ1) is 12.2. The first kappa shape index (κ1) is 15.4. The molecule has 0 amide bonds. The summed E-state index contributed by atoms with van der Waals surface area (Å²) in [6, 6.07) is 17.1. The molecule has 2 aromatic carbocycles. The highest BCUT2D eigenvalue weighted by Gasteiger charge is 2.44. The van der Waals surface area contributed by atoms with Gasteiger partial charge in [-0.3, -0.25) is 0 Å². The van der Waals surface area contributed by atoms with E-state index in [0.29, 0.717) is 0 Å². The molecule has 3 unspecified atom stereocenters. The SMILES string of the molecule is OC1Cc2ccccc2C1NC1CC2(CCCC2)Oc2ccccc21. The summed E-state index contributed by atoms with van der Waals surface area (Å²) in [4.78, 5) is 0. The summed E-state index contributed by atoms with van der Waals surface area (Å²) in [5.74, 6) is 1.02. The third-order valence-corrected chi connectivity index (χ3v) is 6.30. The average molecular weight is 335 g/mol. The fourth-order valence-corrected chi connectivity index (χ4v) is 5.08. The van der Waals surface area contributed by atoms with Crippen molar-refractivity contribution >= 4 is 0 Å². The van der Waals surface area contributed by atoms with Gasteiger partial charge in [-0.2, -0.15) is 0 Å². The molecule has 2 aliphatic carbocycles. The van der Waals surface area contributed by atoms with Gasteiger partial charge in [-0.25, -0.2) is 0 Å². The molecule has 3 nitrogen and oxygen atoms in total. The maximum absolute atomic E-state index is 10.7. The quantitative estimate of drug-likeness (QED) is 0.869. The highest BCUT2D eigenvalue weighted by atomic mass is 16.5. The first-order valence-electron chi connectivity index (χ1n) is 9.54. The van der Waals surface area contributed by atoms with E-state index in [1.54, 1.807) is 0 Å². The maximum atomic E-state index is 10.7. The lowest BCUT2D eigenvalue weighted by Gasteiger charge is -2.41. The molecule has 130 valence electrons. The van der Waals surface area contributed by atoms with E-state index in [1.165, 1.54) is 29.5 Å². The standard InChI is InChI=1S/C22H25NO2/c24-19-13-15-7-1-2-8-16(15)21(19)23-18-14-22(11-5-6-12-22)25-20-10-4-3-9-17(18)20/h1-4,7-10,18-19,21,23-24H,5-6,11-14H2. The molecule has 0 aromatic heterocycles. The highest BCUT2D eigenvalue weighted by molar-refractivity contribution is 5.41. The fourth-order valence-electron chi connectivity index (χ4n) is 5.08. The molecule has 1 saturated carbocycles. The Kier molecular flexibility index (Phi) is 3.61. The van der Waals surface area contributed by atoms with Crippen molar-refractivity contribution in [2.24, 2.45) is 0 Å². The van der Waals surface area contributed by atoms with E-state index in [2.05, 4.69) is 53.8 Å². The van der Waals surface area contributed by atoms with Crippen LogP contribution in [0.5, 0.6) is 5.75 Å². The van der Waals surface area contributed by atoms with E-state index in [0.717, 1.165) is 31.4 Å². The van der Waals surface area contributed by atoms with Gasteiger partial charge >= 0.3 is 0 Å². The van der Waals surface area contributed by atoms with E-state index in [4.69, 9.17) is 4.74 Å². The Morgan fingerprint density at radius 1 is 0.960 bits per heavy atom. The summed E-state index contributed by atoms with van der Waals surface area (Å²) >= 11 is 0. The zero-order valence-electron chi connectivity index (χ0n) is 14.4. The molecular weight excluding hydrogens is 310 g/mol. The number of benzene rings is 2. The van der Waals surface area contributed by atoms with Crippen molar-refractivity contribution in [3.05, 3.63) is 65.2 Å². The van der Waals surface area contributed by atoms with Crippen LogP contribution in [-0.4, -0.2) is 16.8 Å². The van der Waals surface area contributed by atoms with Gasteiger partial charge in [0.05, 0.1) is 12.1 Å². The summed E-state index contributed by atoms with van der Waals surface area (Å²) in [7, 11) is 0. The summed E-state index contributed by atoms with van der Waals surface area (Å²) in [6.07, 6.45) is 6.17.